The van der Waals surface area contributed by atoms with Crippen LogP contribution in [-0.4, -0.2) is 38.8 Å². The highest BCUT2D eigenvalue weighted by molar-refractivity contribution is 5.90. The SMILES string of the molecule is COC(=O)c1cc(F)c(N2CCNC(C)C2)cc1F. The minimum absolute atomic E-state index is 0.179. The first-order valence-corrected chi connectivity index (χ1v) is 6.08. The number of hydrogen-bond acceptors (Lipinski definition) is 4. The van der Waals surface area contributed by atoms with Crippen molar-refractivity contribution in [2.45, 2.75) is 13.0 Å². The predicted octanol–water partition coefficient (Wildman–Crippen LogP) is 1.55. The molecule has 0 spiro atoms. The van der Waals surface area contributed by atoms with Crippen molar-refractivity contribution >= 4 is 11.7 Å². The summed E-state index contributed by atoms with van der Waals surface area (Å²) in [6.45, 7) is 3.87. The van der Waals surface area contributed by atoms with Gasteiger partial charge in [0.2, 0.25) is 0 Å². The molecule has 1 N–H and O–H groups in total. The summed E-state index contributed by atoms with van der Waals surface area (Å²) in [5.74, 6) is -2.26. The quantitative estimate of drug-likeness (QED) is 0.828. The van der Waals surface area contributed by atoms with Crippen LogP contribution in [0.3, 0.4) is 0 Å². The van der Waals surface area contributed by atoms with Crippen LogP contribution in [0.2, 0.25) is 0 Å². The number of esters is 1. The van der Waals surface area contributed by atoms with Crippen molar-refractivity contribution < 1.29 is 18.3 Å². The van der Waals surface area contributed by atoms with Crippen molar-refractivity contribution in [1.29, 1.82) is 0 Å². The molecule has 0 aliphatic carbocycles. The molecule has 1 atom stereocenters. The molecule has 0 radical (unpaired) electrons. The second-order valence-corrected chi connectivity index (χ2v) is 4.58. The third-order valence-corrected chi connectivity index (χ3v) is 3.15. The maximum atomic E-state index is 14.0. The van der Waals surface area contributed by atoms with Crippen LogP contribution < -0.4 is 10.2 Å². The van der Waals surface area contributed by atoms with Crippen LogP contribution in [0.5, 0.6) is 0 Å². The fraction of sp³-hybridized carbons (Fsp3) is 0.462. The minimum Gasteiger partial charge on any atom is -0.465 e. The summed E-state index contributed by atoms with van der Waals surface area (Å²) >= 11 is 0. The van der Waals surface area contributed by atoms with Gasteiger partial charge in [0.05, 0.1) is 18.4 Å². The number of nitrogens with one attached hydrogen (secondary N) is 1. The molecule has 1 saturated heterocycles. The number of hydrogen-bond donors (Lipinski definition) is 1. The molecule has 1 aromatic rings. The van der Waals surface area contributed by atoms with Crippen molar-refractivity contribution in [3.63, 3.8) is 0 Å². The Bertz CT molecular complexity index is 494. The van der Waals surface area contributed by atoms with E-state index in [1.807, 2.05) is 6.92 Å². The highest BCUT2D eigenvalue weighted by atomic mass is 19.1. The molecular weight excluding hydrogens is 254 g/mol. The van der Waals surface area contributed by atoms with E-state index in [2.05, 4.69) is 10.1 Å². The molecule has 0 aromatic heterocycles. The number of carbonyl (C=O) groups excluding carboxylic acids is 1. The van der Waals surface area contributed by atoms with Crippen LogP contribution in [0, 0.1) is 11.6 Å². The number of halogens is 2. The number of methoxy groups -OCH3 is 1. The Morgan fingerprint density at radius 3 is 2.79 bits per heavy atom. The van der Waals surface area contributed by atoms with Crippen molar-refractivity contribution in [2.24, 2.45) is 0 Å². The molecule has 104 valence electrons. The van der Waals surface area contributed by atoms with E-state index in [9.17, 15) is 13.6 Å². The summed E-state index contributed by atoms with van der Waals surface area (Å²) in [5.41, 5.74) is -0.203. The van der Waals surface area contributed by atoms with E-state index in [1.165, 1.54) is 0 Å². The summed E-state index contributed by atoms with van der Waals surface area (Å²) in [4.78, 5) is 13.0. The standard InChI is InChI=1S/C13H16F2N2O2/c1-8-7-17(4-3-16-8)12-6-10(14)9(5-11(12)15)13(18)19-2/h5-6,8,16H,3-4,7H2,1-2H3. The van der Waals surface area contributed by atoms with Gasteiger partial charge < -0.3 is 15.0 Å². The lowest BCUT2D eigenvalue weighted by molar-refractivity contribution is 0.0595. The minimum atomic E-state index is -0.878. The summed E-state index contributed by atoms with van der Waals surface area (Å²) < 4.78 is 32.2. The monoisotopic (exact) mass is 270 g/mol. The predicted molar refractivity (Wildman–Crippen MR) is 67.4 cm³/mol. The van der Waals surface area contributed by atoms with Gasteiger partial charge in [-0.1, -0.05) is 0 Å². The first-order chi connectivity index (χ1) is 9.02. The Morgan fingerprint density at radius 1 is 1.42 bits per heavy atom. The van der Waals surface area contributed by atoms with Crippen LogP contribution in [0.15, 0.2) is 12.1 Å². The van der Waals surface area contributed by atoms with Gasteiger partial charge in [-0.25, -0.2) is 13.6 Å². The van der Waals surface area contributed by atoms with Crippen LogP contribution in [0.1, 0.15) is 17.3 Å². The van der Waals surface area contributed by atoms with Gasteiger partial charge in [0.1, 0.15) is 11.6 Å². The first-order valence-electron chi connectivity index (χ1n) is 6.08. The number of benzene rings is 1. The van der Waals surface area contributed by atoms with Crippen molar-refractivity contribution in [1.82, 2.24) is 5.32 Å². The average molecular weight is 270 g/mol. The van der Waals surface area contributed by atoms with Crippen LogP contribution in [0.25, 0.3) is 0 Å². The zero-order chi connectivity index (χ0) is 14.0. The fourth-order valence-corrected chi connectivity index (χ4v) is 2.20. The molecule has 6 heteroatoms. The summed E-state index contributed by atoms with van der Waals surface area (Å²) in [5, 5.41) is 3.22. The molecule has 19 heavy (non-hydrogen) atoms. The zero-order valence-corrected chi connectivity index (χ0v) is 10.9. The van der Waals surface area contributed by atoms with Gasteiger partial charge in [-0.2, -0.15) is 0 Å². The third-order valence-electron chi connectivity index (χ3n) is 3.15. The summed E-state index contributed by atoms with van der Waals surface area (Å²) in [6, 6.07) is 2.15. The number of nitrogens with zero attached hydrogens (tertiary/aromatic N) is 1. The molecule has 2 rings (SSSR count). The molecule has 1 fully saturated rings. The van der Waals surface area contributed by atoms with E-state index in [0.717, 1.165) is 19.2 Å². The smallest absolute Gasteiger partial charge is 0.340 e. The van der Waals surface area contributed by atoms with Gasteiger partial charge in [0.15, 0.2) is 0 Å². The average Bonchev–Trinajstić information content (AvgIpc) is 2.40. The van der Waals surface area contributed by atoms with Crippen LogP contribution >= 0.6 is 0 Å². The van der Waals surface area contributed by atoms with Crippen molar-refractivity contribution in [2.75, 3.05) is 31.6 Å². The van der Waals surface area contributed by atoms with E-state index < -0.39 is 17.6 Å². The molecule has 1 aromatic carbocycles. The van der Waals surface area contributed by atoms with Crippen molar-refractivity contribution in [3.8, 4) is 0 Å². The fourth-order valence-electron chi connectivity index (χ4n) is 2.20. The van der Waals surface area contributed by atoms with Gasteiger partial charge in [0.25, 0.3) is 0 Å². The molecule has 1 aliphatic rings. The number of rotatable bonds is 2. The van der Waals surface area contributed by atoms with E-state index in [-0.39, 0.29) is 17.3 Å². The number of piperazine rings is 1. The van der Waals surface area contributed by atoms with Crippen molar-refractivity contribution in [3.05, 3.63) is 29.3 Å². The molecule has 0 saturated carbocycles. The molecule has 1 heterocycles. The molecule has 1 aliphatic heterocycles. The largest absolute Gasteiger partial charge is 0.465 e. The topological polar surface area (TPSA) is 41.6 Å². The van der Waals surface area contributed by atoms with Gasteiger partial charge in [0, 0.05) is 31.7 Å². The maximum absolute atomic E-state index is 14.0. The highest BCUT2D eigenvalue weighted by Gasteiger charge is 2.22. The molecule has 4 nitrogen and oxygen atoms in total. The van der Waals surface area contributed by atoms with Crippen LogP contribution in [-0.2, 0) is 4.74 Å². The second-order valence-electron chi connectivity index (χ2n) is 4.58. The van der Waals surface area contributed by atoms with Gasteiger partial charge in [-0.3, -0.25) is 0 Å². The Hall–Kier alpha value is -1.69. The Morgan fingerprint density at radius 2 is 2.16 bits per heavy atom. The summed E-state index contributed by atoms with van der Waals surface area (Å²) in [7, 11) is 1.13. The zero-order valence-electron chi connectivity index (χ0n) is 10.9. The number of carbonyl (C=O) groups is 1. The molecule has 1 unspecified atom stereocenters. The van der Waals surface area contributed by atoms with E-state index in [1.54, 1.807) is 4.90 Å². The summed E-state index contributed by atoms with van der Waals surface area (Å²) in [6.07, 6.45) is 0. The number of anilines is 1. The van der Waals surface area contributed by atoms with E-state index in [0.29, 0.717) is 19.6 Å². The second kappa shape index (κ2) is 5.52. The normalized spacial score (nSPS) is 19.4. The van der Waals surface area contributed by atoms with Gasteiger partial charge in [-0.05, 0) is 13.0 Å². The Balaban J connectivity index is 2.32. The van der Waals surface area contributed by atoms with E-state index in [4.69, 9.17) is 0 Å². The number of ether oxygens (including phenoxy) is 1. The Labute approximate surface area is 110 Å². The first kappa shape index (κ1) is 13.7. The van der Waals surface area contributed by atoms with Crippen LogP contribution in [0.4, 0.5) is 14.5 Å². The lowest BCUT2D eigenvalue weighted by Crippen LogP contribution is -2.49. The molecule has 0 bridgehead atoms. The lowest BCUT2D eigenvalue weighted by atomic mass is 10.1. The highest BCUT2D eigenvalue weighted by Crippen LogP contribution is 2.24. The third kappa shape index (κ3) is 2.84. The lowest BCUT2D eigenvalue weighted by Gasteiger charge is -2.33. The van der Waals surface area contributed by atoms with Gasteiger partial charge >= 0.3 is 5.97 Å². The molecular formula is C13H16F2N2O2. The molecule has 0 amide bonds. The van der Waals surface area contributed by atoms with Gasteiger partial charge in [-0.15, -0.1) is 0 Å². The maximum Gasteiger partial charge on any atom is 0.340 e. The van der Waals surface area contributed by atoms with E-state index >= 15 is 0 Å². The Kier molecular flexibility index (Phi) is 3.99.